The lowest BCUT2D eigenvalue weighted by Crippen LogP contribution is -2.43. The summed E-state index contributed by atoms with van der Waals surface area (Å²) in [6.45, 7) is 3.36. The van der Waals surface area contributed by atoms with Gasteiger partial charge in [0.2, 0.25) is 0 Å². The van der Waals surface area contributed by atoms with Gasteiger partial charge in [-0.15, -0.1) is 0 Å². The van der Waals surface area contributed by atoms with Crippen LogP contribution in [0.25, 0.3) is 0 Å². The lowest BCUT2D eigenvalue weighted by molar-refractivity contribution is -0.0171. The minimum Gasteiger partial charge on any atom is -0.367 e. The maximum Gasteiger partial charge on any atom is 0.285 e. The molecule has 1 N–H and O–H groups in total. The highest BCUT2D eigenvalue weighted by atomic mass is 35.5. The number of anilines is 1. The van der Waals surface area contributed by atoms with Crippen molar-refractivity contribution in [3.8, 4) is 0 Å². The number of aromatic amines is 1. The van der Waals surface area contributed by atoms with Crippen molar-refractivity contribution in [1.82, 2.24) is 10.2 Å². The second-order valence-electron chi connectivity index (χ2n) is 4.80. The van der Waals surface area contributed by atoms with Gasteiger partial charge in [0.15, 0.2) is 0 Å². The molecule has 20 heavy (non-hydrogen) atoms. The average Bonchev–Trinajstić information content (AvgIpc) is 2.95. The van der Waals surface area contributed by atoms with E-state index in [2.05, 4.69) is 26.5 Å². The van der Waals surface area contributed by atoms with Crippen LogP contribution in [-0.4, -0.2) is 29.4 Å². The summed E-state index contributed by atoms with van der Waals surface area (Å²) < 4.78 is 5.97. The van der Waals surface area contributed by atoms with Crippen LogP contribution in [0.5, 0.6) is 0 Å². The highest BCUT2D eigenvalue weighted by Gasteiger charge is 2.28. The third-order valence-electron chi connectivity index (χ3n) is 3.29. The summed E-state index contributed by atoms with van der Waals surface area (Å²) >= 11 is 7.73. The fourth-order valence-corrected chi connectivity index (χ4v) is 3.30. The van der Waals surface area contributed by atoms with E-state index in [4.69, 9.17) is 16.3 Å². The normalized spacial score (nSPS) is 23.0. The Labute approximate surface area is 125 Å². The molecule has 2 aromatic heterocycles. The first-order valence-corrected chi connectivity index (χ1v) is 7.63. The third kappa shape index (κ3) is 2.59. The number of morpholine rings is 1. The molecule has 0 bridgehead atoms. The number of rotatable bonds is 2. The van der Waals surface area contributed by atoms with Gasteiger partial charge in [-0.2, -0.15) is 16.4 Å². The van der Waals surface area contributed by atoms with Crippen LogP contribution in [0.15, 0.2) is 27.8 Å². The molecule has 5 nitrogen and oxygen atoms in total. The number of ether oxygens (including phenoxy) is 1. The topological polar surface area (TPSA) is 58.2 Å². The standard InChI is InChI=1S/C13H14ClN3O2S/c1-8-5-17(10-4-15-16-13(18)12(10)14)6-11(19-8)9-2-3-20-7-9/h2-4,7-8,11H,5-6H2,1H3,(H,16,18)/t8-,11+/m1/s1. The van der Waals surface area contributed by atoms with E-state index in [0.717, 1.165) is 5.56 Å². The zero-order valence-corrected chi connectivity index (χ0v) is 12.4. The number of hydrogen-bond donors (Lipinski definition) is 1. The Balaban J connectivity index is 1.90. The predicted molar refractivity (Wildman–Crippen MR) is 79.7 cm³/mol. The van der Waals surface area contributed by atoms with Crippen LogP contribution in [0.1, 0.15) is 18.6 Å². The molecule has 0 radical (unpaired) electrons. The quantitative estimate of drug-likeness (QED) is 0.925. The number of H-pyrrole nitrogens is 1. The van der Waals surface area contributed by atoms with Crippen molar-refractivity contribution >= 4 is 28.6 Å². The second-order valence-corrected chi connectivity index (χ2v) is 5.95. The predicted octanol–water partition coefficient (Wildman–Crippen LogP) is 2.45. The molecule has 1 aliphatic rings. The van der Waals surface area contributed by atoms with Gasteiger partial charge in [-0.05, 0) is 29.3 Å². The Hall–Kier alpha value is -1.37. The van der Waals surface area contributed by atoms with E-state index in [1.807, 2.05) is 12.3 Å². The largest absolute Gasteiger partial charge is 0.367 e. The molecule has 2 aromatic rings. The molecule has 3 heterocycles. The van der Waals surface area contributed by atoms with Gasteiger partial charge in [-0.25, -0.2) is 5.10 Å². The summed E-state index contributed by atoms with van der Waals surface area (Å²) in [4.78, 5) is 13.6. The van der Waals surface area contributed by atoms with E-state index >= 15 is 0 Å². The van der Waals surface area contributed by atoms with Crippen molar-refractivity contribution in [1.29, 1.82) is 0 Å². The molecule has 1 fully saturated rings. The summed E-state index contributed by atoms with van der Waals surface area (Å²) in [5, 5.41) is 10.5. The molecule has 1 aliphatic heterocycles. The minimum atomic E-state index is -0.365. The lowest BCUT2D eigenvalue weighted by Gasteiger charge is -2.38. The fraction of sp³-hybridized carbons (Fsp3) is 0.385. The van der Waals surface area contributed by atoms with Crippen LogP contribution < -0.4 is 10.5 Å². The van der Waals surface area contributed by atoms with Crippen molar-refractivity contribution in [2.24, 2.45) is 0 Å². The fourth-order valence-electron chi connectivity index (χ4n) is 2.39. The van der Waals surface area contributed by atoms with Crippen LogP contribution in [0.2, 0.25) is 5.02 Å². The number of hydrogen-bond acceptors (Lipinski definition) is 5. The molecule has 2 atom stereocenters. The maximum absolute atomic E-state index is 11.6. The van der Waals surface area contributed by atoms with Gasteiger partial charge in [0, 0.05) is 13.1 Å². The molecule has 0 aromatic carbocycles. The summed E-state index contributed by atoms with van der Waals surface area (Å²) in [5.41, 5.74) is 1.45. The first-order chi connectivity index (χ1) is 9.65. The van der Waals surface area contributed by atoms with Gasteiger partial charge in [-0.1, -0.05) is 11.6 Å². The SMILES string of the molecule is C[C@@H]1CN(c2cn[nH]c(=O)c2Cl)C[C@@H](c2ccsc2)O1. The number of nitrogens with zero attached hydrogens (tertiary/aromatic N) is 2. The van der Waals surface area contributed by atoms with Gasteiger partial charge in [0.25, 0.3) is 5.56 Å². The molecule has 7 heteroatoms. The smallest absolute Gasteiger partial charge is 0.285 e. The van der Waals surface area contributed by atoms with Crippen molar-refractivity contribution in [2.45, 2.75) is 19.1 Å². The zero-order valence-electron chi connectivity index (χ0n) is 10.9. The number of halogens is 1. The Morgan fingerprint density at radius 1 is 1.55 bits per heavy atom. The van der Waals surface area contributed by atoms with Gasteiger partial charge in [-0.3, -0.25) is 4.79 Å². The molecular formula is C13H14ClN3O2S. The van der Waals surface area contributed by atoms with E-state index in [9.17, 15) is 4.79 Å². The summed E-state index contributed by atoms with van der Waals surface area (Å²) in [6, 6.07) is 2.06. The van der Waals surface area contributed by atoms with Gasteiger partial charge < -0.3 is 9.64 Å². The first-order valence-electron chi connectivity index (χ1n) is 6.31. The Kier molecular flexibility index (Phi) is 3.78. The molecule has 106 valence electrons. The first kappa shape index (κ1) is 13.6. The van der Waals surface area contributed by atoms with Gasteiger partial charge in [0.1, 0.15) is 11.1 Å². The molecule has 0 amide bonds. The number of aromatic nitrogens is 2. The molecule has 1 saturated heterocycles. The van der Waals surface area contributed by atoms with E-state index in [1.165, 1.54) is 0 Å². The van der Waals surface area contributed by atoms with E-state index in [-0.39, 0.29) is 22.8 Å². The zero-order chi connectivity index (χ0) is 14.1. The molecular weight excluding hydrogens is 298 g/mol. The monoisotopic (exact) mass is 311 g/mol. The summed E-state index contributed by atoms with van der Waals surface area (Å²) in [6.07, 6.45) is 1.64. The molecule has 0 saturated carbocycles. The number of thiophene rings is 1. The Bertz CT molecular complexity index is 643. The van der Waals surface area contributed by atoms with Crippen molar-refractivity contribution in [2.75, 3.05) is 18.0 Å². The highest BCUT2D eigenvalue weighted by Crippen LogP contribution is 2.31. The second kappa shape index (κ2) is 5.55. The highest BCUT2D eigenvalue weighted by molar-refractivity contribution is 7.07. The van der Waals surface area contributed by atoms with Gasteiger partial charge in [0.05, 0.1) is 18.0 Å². The summed E-state index contributed by atoms with van der Waals surface area (Å²) in [7, 11) is 0. The molecule has 3 rings (SSSR count). The van der Waals surface area contributed by atoms with Crippen LogP contribution in [-0.2, 0) is 4.74 Å². The maximum atomic E-state index is 11.6. The van der Waals surface area contributed by atoms with E-state index in [1.54, 1.807) is 17.5 Å². The van der Waals surface area contributed by atoms with Crippen molar-refractivity contribution in [3.05, 3.63) is 44.0 Å². The van der Waals surface area contributed by atoms with Crippen molar-refractivity contribution in [3.63, 3.8) is 0 Å². The minimum absolute atomic E-state index is 0.0136. The lowest BCUT2D eigenvalue weighted by atomic mass is 10.1. The third-order valence-corrected chi connectivity index (χ3v) is 4.36. The molecule has 0 aliphatic carbocycles. The number of nitrogens with one attached hydrogen (secondary N) is 1. The molecule has 0 unspecified atom stereocenters. The van der Waals surface area contributed by atoms with E-state index < -0.39 is 0 Å². The van der Waals surface area contributed by atoms with E-state index in [0.29, 0.717) is 18.8 Å². The van der Waals surface area contributed by atoms with Crippen LogP contribution in [0, 0.1) is 0 Å². The van der Waals surface area contributed by atoms with Crippen molar-refractivity contribution < 1.29 is 4.74 Å². The average molecular weight is 312 g/mol. The van der Waals surface area contributed by atoms with Gasteiger partial charge >= 0.3 is 0 Å². The van der Waals surface area contributed by atoms with Crippen LogP contribution in [0.3, 0.4) is 0 Å². The Morgan fingerprint density at radius 2 is 2.40 bits per heavy atom. The molecule has 0 spiro atoms. The Morgan fingerprint density at radius 3 is 3.15 bits per heavy atom. The van der Waals surface area contributed by atoms with Crippen LogP contribution in [0.4, 0.5) is 5.69 Å². The summed E-state index contributed by atoms with van der Waals surface area (Å²) in [5.74, 6) is 0. The van der Waals surface area contributed by atoms with Crippen LogP contribution >= 0.6 is 22.9 Å².